The van der Waals surface area contributed by atoms with E-state index in [0.29, 0.717) is 17.4 Å². The predicted octanol–water partition coefficient (Wildman–Crippen LogP) is 1.82. The number of nitrogens with zero attached hydrogens (tertiary/aromatic N) is 6. The fourth-order valence-corrected chi connectivity index (χ4v) is 3.49. The summed E-state index contributed by atoms with van der Waals surface area (Å²) < 4.78 is 32.1. The minimum Gasteiger partial charge on any atom is -0.381 e. The summed E-state index contributed by atoms with van der Waals surface area (Å²) >= 11 is 0. The van der Waals surface area contributed by atoms with Crippen molar-refractivity contribution in [2.45, 2.75) is 32.0 Å². The van der Waals surface area contributed by atoms with Crippen LogP contribution in [0.1, 0.15) is 24.2 Å². The lowest BCUT2D eigenvalue weighted by molar-refractivity contribution is -0.0346. The van der Waals surface area contributed by atoms with Gasteiger partial charge in [0.2, 0.25) is 0 Å². The van der Waals surface area contributed by atoms with E-state index in [4.69, 9.17) is 0 Å². The molecule has 0 saturated carbocycles. The number of halogens is 2. The summed E-state index contributed by atoms with van der Waals surface area (Å²) in [4.78, 5) is 21.1. The molecular weight excluding hydrogens is 382 g/mol. The normalized spacial score (nSPS) is 14.8. The van der Waals surface area contributed by atoms with E-state index in [1.807, 2.05) is 0 Å². The monoisotopic (exact) mass is 400 g/mol. The molecule has 0 aliphatic rings. The van der Waals surface area contributed by atoms with E-state index in [-0.39, 0.29) is 12.1 Å². The van der Waals surface area contributed by atoms with Crippen LogP contribution in [0.2, 0.25) is 0 Å². The van der Waals surface area contributed by atoms with Crippen molar-refractivity contribution >= 4 is 5.65 Å². The Morgan fingerprint density at radius 1 is 1.28 bits per heavy atom. The molecule has 10 heteroatoms. The topological polar surface area (TPSA) is 90.2 Å². The fraction of sp³-hybridized carbons (Fsp3) is 0.263. The highest BCUT2D eigenvalue weighted by Gasteiger charge is 2.40. The Labute approximate surface area is 163 Å². The van der Waals surface area contributed by atoms with Crippen LogP contribution in [0, 0.1) is 18.6 Å². The third kappa shape index (κ3) is 3.21. The van der Waals surface area contributed by atoms with Crippen LogP contribution in [0.4, 0.5) is 8.78 Å². The molecule has 4 aromatic rings. The number of hydrogen-bond donors (Lipinski definition) is 1. The SMILES string of the molecule is Cc1cn2c(=O)n([C@H](C)C(O)(Cn3cncn3)c3ccc(F)cc3F)ccc2n1. The number of benzene rings is 1. The van der Waals surface area contributed by atoms with Gasteiger partial charge in [-0.15, -0.1) is 0 Å². The lowest BCUT2D eigenvalue weighted by atomic mass is 9.86. The van der Waals surface area contributed by atoms with Gasteiger partial charge in [0.1, 0.15) is 35.5 Å². The van der Waals surface area contributed by atoms with Crippen molar-refractivity contribution in [3.05, 3.63) is 82.7 Å². The molecular formula is C19H18F2N6O2. The maximum absolute atomic E-state index is 14.7. The molecule has 0 spiro atoms. The Morgan fingerprint density at radius 3 is 2.76 bits per heavy atom. The van der Waals surface area contributed by atoms with Gasteiger partial charge in [-0.2, -0.15) is 5.10 Å². The molecule has 29 heavy (non-hydrogen) atoms. The average molecular weight is 400 g/mol. The highest BCUT2D eigenvalue weighted by Crippen LogP contribution is 2.36. The minimum absolute atomic E-state index is 0.157. The molecule has 3 aromatic heterocycles. The van der Waals surface area contributed by atoms with E-state index in [0.717, 1.165) is 6.07 Å². The van der Waals surface area contributed by atoms with Crippen molar-refractivity contribution in [1.29, 1.82) is 0 Å². The number of fused-ring (bicyclic) bond motifs is 1. The number of rotatable bonds is 5. The van der Waals surface area contributed by atoms with Crippen LogP contribution in [0.3, 0.4) is 0 Å². The zero-order valence-corrected chi connectivity index (χ0v) is 15.7. The standard InChI is InChI=1S/C19H18F2N6O2/c1-12-8-27-17(24-12)5-6-26(18(27)28)13(2)19(29,9-25-11-22-10-23-25)15-4-3-14(20)7-16(15)21/h3-8,10-11,13,29H,9H2,1-2H3/t13-,19?/m1/s1. The molecule has 1 aromatic carbocycles. The van der Waals surface area contributed by atoms with Gasteiger partial charge in [-0.3, -0.25) is 8.97 Å². The Morgan fingerprint density at radius 2 is 2.07 bits per heavy atom. The molecule has 0 aliphatic heterocycles. The molecule has 0 saturated heterocycles. The highest BCUT2D eigenvalue weighted by atomic mass is 19.1. The first-order valence-corrected chi connectivity index (χ1v) is 8.87. The van der Waals surface area contributed by atoms with Crippen LogP contribution >= 0.6 is 0 Å². The molecule has 1 N–H and O–H groups in total. The molecule has 1 unspecified atom stereocenters. The largest absolute Gasteiger partial charge is 0.381 e. The first-order valence-electron chi connectivity index (χ1n) is 8.87. The van der Waals surface area contributed by atoms with Gasteiger partial charge in [-0.25, -0.2) is 28.2 Å². The summed E-state index contributed by atoms with van der Waals surface area (Å²) in [6.45, 7) is 3.13. The van der Waals surface area contributed by atoms with E-state index in [2.05, 4.69) is 15.1 Å². The molecule has 3 heterocycles. The quantitative estimate of drug-likeness (QED) is 0.552. The Kier molecular flexibility index (Phi) is 4.50. The Bertz CT molecular complexity index is 1230. The molecule has 0 fully saturated rings. The first-order chi connectivity index (χ1) is 13.8. The predicted molar refractivity (Wildman–Crippen MR) is 99.2 cm³/mol. The fourth-order valence-electron chi connectivity index (χ4n) is 3.49. The summed E-state index contributed by atoms with van der Waals surface area (Å²) in [7, 11) is 0. The summed E-state index contributed by atoms with van der Waals surface area (Å²) in [5, 5.41) is 15.6. The third-order valence-corrected chi connectivity index (χ3v) is 5.04. The lowest BCUT2D eigenvalue weighted by Gasteiger charge is -2.35. The number of aliphatic hydroxyl groups is 1. The number of imidazole rings is 1. The summed E-state index contributed by atoms with van der Waals surface area (Å²) in [5.74, 6) is -1.69. The van der Waals surface area contributed by atoms with Gasteiger partial charge in [-0.05, 0) is 26.0 Å². The van der Waals surface area contributed by atoms with Gasteiger partial charge in [0.25, 0.3) is 0 Å². The van der Waals surface area contributed by atoms with E-state index in [9.17, 15) is 18.7 Å². The van der Waals surface area contributed by atoms with Crippen LogP contribution in [0.15, 0.2) is 54.1 Å². The second-order valence-corrected chi connectivity index (χ2v) is 6.93. The highest BCUT2D eigenvalue weighted by molar-refractivity contribution is 5.38. The molecule has 0 amide bonds. The summed E-state index contributed by atoms with van der Waals surface area (Å²) in [6, 6.07) is 3.61. The van der Waals surface area contributed by atoms with Gasteiger partial charge in [0, 0.05) is 24.0 Å². The van der Waals surface area contributed by atoms with Crippen LogP contribution in [-0.4, -0.2) is 33.8 Å². The van der Waals surface area contributed by atoms with Crippen molar-refractivity contribution in [1.82, 2.24) is 28.7 Å². The van der Waals surface area contributed by atoms with Crippen LogP contribution in [0.5, 0.6) is 0 Å². The third-order valence-electron chi connectivity index (χ3n) is 5.04. The van der Waals surface area contributed by atoms with E-state index >= 15 is 0 Å². The van der Waals surface area contributed by atoms with E-state index < -0.39 is 29.0 Å². The van der Waals surface area contributed by atoms with Crippen LogP contribution < -0.4 is 5.69 Å². The second kappa shape index (κ2) is 6.89. The average Bonchev–Trinajstić information content (AvgIpc) is 3.30. The number of aromatic nitrogens is 6. The van der Waals surface area contributed by atoms with E-state index in [1.165, 1.54) is 38.6 Å². The Balaban J connectivity index is 1.88. The van der Waals surface area contributed by atoms with Gasteiger partial charge in [0.15, 0.2) is 0 Å². The van der Waals surface area contributed by atoms with Crippen molar-refractivity contribution in [2.75, 3.05) is 0 Å². The van der Waals surface area contributed by atoms with Crippen molar-refractivity contribution in [3.8, 4) is 0 Å². The number of aryl methyl sites for hydroxylation is 1. The van der Waals surface area contributed by atoms with Gasteiger partial charge >= 0.3 is 5.69 Å². The summed E-state index contributed by atoms with van der Waals surface area (Å²) in [6.07, 6.45) is 5.71. The minimum atomic E-state index is -1.93. The zero-order chi connectivity index (χ0) is 20.8. The molecule has 0 radical (unpaired) electrons. The van der Waals surface area contributed by atoms with Crippen molar-refractivity contribution in [2.24, 2.45) is 0 Å². The zero-order valence-electron chi connectivity index (χ0n) is 15.7. The number of hydrogen-bond acceptors (Lipinski definition) is 5. The molecule has 0 bridgehead atoms. The van der Waals surface area contributed by atoms with Gasteiger partial charge in [0.05, 0.1) is 18.3 Å². The van der Waals surface area contributed by atoms with Crippen LogP contribution in [-0.2, 0) is 12.1 Å². The first kappa shape index (κ1) is 18.9. The van der Waals surface area contributed by atoms with Crippen molar-refractivity contribution in [3.63, 3.8) is 0 Å². The van der Waals surface area contributed by atoms with Gasteiger partial charge < -0.3 is 5.11 Å². The van der Waals surface area contributed by atoms with Crippen molar-refractivity contribution < 1.29 is 13.9 Å². The molecule has 2 atom stereocenters. The maximum Gasteiger partial charge on any atom is 0.334 e. The molecule has 0 aliphatic carbocycles. The summed E-state index contributed by atoms with van der Waals surface area (Å²) in [5.41, 5.74) is -1.41. The van der Waals surface area contributed by atoms with Crippen LogP contribution in [0.25, 0.3) is 5.65 Å². The second-order valence-electron chi connectivity index (χ2n) is 6.93. The maximum atomic E-state index is 14.7. The molecule has 4 rings (SSSR count). The smallest absolute Gasteiger partial charge is 0.334 e. The Hall–Kier alpha value is -3.40. The molecule has 8 nitrogen and oxygen atoms in total. The van der Waals surface area contributed by atoms with E-state index in [1.54, 1.807) is 26.1 Å². The van der Waals surface area contributed by atoms with Gasteiger partial charge in [-0.1, -0.05) is 6.07 Å². The molecule has 150 valence electrons. The lowest BCUT2D eigenvalue weighted by Crippen LogP contribution is -2.44.